The van der Waals surface area contributed by atoms with Crippen molar-refractivity contribution in [3.05, 3.63) is 23.3 Å². The first kappa shape index (κ1) is 32.3. The van der Waals surface area contributed by atoms with Crippen molar-refractivity contribution in [2.75, 3.05) is 0 Å². The highest BCUT2D eigenvalue weighted by Crippen LogP contribution is 2.67. The number of carbonyl (C=O) groups excluding carboxylic acids is 2. The van der Waals surface area contributed by atoms with Gasteiger partial charge in [-0.2, -0.15) is 5.26 Å². The third-order valence-corrected chi connectivity index (χ3v) is 12.2. The van der Waals surface area contributed by atoms with Crippen LogP contribution in [0.1, 0.15) is 127 Å². The van der Waals surface area contributed by atoms with E-state index in [2.05, 4.69) is 54.5 Å². The molecule has 40 heavy (non-hydrogen) atoms. The number of carboxylic acids is 1. The number of nitrogens with zero attached hydrogens (tertiary/aromatic N) is 1. The Bertz CT molecular complexity index is 1160. The zero-order valence-electron chi connectivity index (χ0n) is 26.8. The summed E-state index contributed by atoms with van der Waals surface area (Å²) in [4.78, 5) is 37.7. The lowest BCUT2D eigenvalue weighted by Crippen LogP contribution is -2.56. The Morgan fingerprint density at radius 1 is 1.10 bits per heavy atom. The first-order chi connectivity index (χ1) is 18.2. The Balaban J connectivity index is 2.05. The predicted octanol–water partition coefficient (Wildman–Crippen LogP) is 8.49. The van der Waals surface area contributed by atoms with Crippen LogP contribution in [0.4, 0.5) is 0 Å². The lowest BCUT2D eigenvalue weighted by atomic mass is 9.42. The number of carbonyl (C=O) groups is 3. The molecular weight excluding hydrogens is 498 g/mol. The molecule has 5 nitrogen and oxygen atoms in total. The molecule has 0 amide bonds. The summed E-state index contributed by atoms with van der Waals surface area (Å²) < 4.78 is 0. The zero-order chi connectivity index (χ0) is 30.5. The van der Waals surface area contributed by atoms with E-state index in [9.17, 15) is 24.8 Å². The highest BCUT2D eigenvalue weighted by Gasteiger charge is 2.61. The van der Waals surface area contributed by atoms with Crippen LogP contribution in [0, 0.1) is 55.7 Å². The average Bonchev–Trinajstić information content (AvgIpc) is 2.82. The number of fused-ring (bicyclic) bond motifs is 1. The lowest BCUT2D eigenvalue weighted by Gasteiger charge is -2.61. The highest BCUT2D eigenvalue weighted by molar-refractivity contribution is 6.04. The molecule has 5 atom stereocenters. The number of aliphatic carboxylic acids is 1. The molecule has 0 aliphatic heterocycles. The average molecular weight is 552 g/mol. The fourth-order valence-corrected chi connectivity index (χ4v) is 9.16. The normalized spacial score (nSPS) is 36.4. The second-order valence-corrected chi connectivity index (χ2v) is 16.0. The van der Waals surface area contributed by atoms with Gasteiger partial charge in [-0.3, -0.25) is 14.4 Å². The van der Waals surface area contributed by atoms with Crippen LogP contribution in [0.2, 0.25) is 0 Å². The maximum atomic E-state index is 13.2. The Morgan fingerprint density at radius 3 is 2.25 bits per heavy atom. The molecule has 222 valence electrons. The minimum atomic E-state index is -0.727. The van der Waals surface area contributed by atoms with Gasteiger partial charge < -0.3 is 5.11 Å². The molecule has 0 spiro atoms. The monoisotopic (exact) mass is 551 g/mol. The van der Waals surface area contributed by atoms with E-state index in [1.54, 1.807) is 13.0 Å². The van der Waals surface area contributed by atoms with Gasteiger partial charge in [-0.05, 0) is 97.9 Å². The van der Waals surface area contributed by atoms with E-state index in [4.69, 9.17) is 0 Å². The van der Waals surface area contributed by atoms with Crippen molar-refractivity contribution in [3.63, 3.8) is 0 Å². The molecule has 0 saturated heterocycles. The van der Waals surface area contributed by atoms with Gasteiger partial charge in [0.2, 0.25) is 0 Å². The number of hydrogen-bond acceptors (Lipinski definition) is 4. The van der Waals surface area contributed by atoms with Crippen molar-refractivity contribution in [2.24, 2.45) is 44.3 Å². The second-order valence-electron chi connectivity index (χ2n) is 16.0. The van der Waals surface area contributed by atoms with E-state index in [0.717, 1.165) is 50.5 Å². The molecule has 1 N–H and O–H groups in total. The summed E-state index contributed by atoms with van der Waals surface area (Å²) >= 11 is 0. The Labute approximate surface area is 242 Å². The van der Waals surface area contributed by atoms with E-state index in [-0.39, 0.29) is 51.1 Å². The van der Waals surface area contributed by atoms with Crippen molar-refractivity contribution < 1.29 is 19.5 Å². The second kappa shape index (κ2) is 10.6. The van der Waals surface area contributed by atoms with Gasteiger partial charge in [0.15, 0.2) is 11.6 Å². The number of Topliss-reactive ketones (excluding diaryl/α,β-unsaturated/α-hetero) is 1. The quantitative estimate of drug-likeness (QED) is 0.305. The van der Waals surface area contributed by atoms with Crippen LogP contribution in [0.25, 0.3) is 0 Å². The van der Waals surface area contributed by atoms with E-state index in [0.29, 0.717) is 12.3 Å². The molecule has 2 saturated carbocycles. The van der Waals surface area contributed by atoms with Gasteiger partial charge in [-0.15, -0.1) is 0 Å². The zero-order valence-corrected chi connectivity index (χ0v) is 26.8. The summed E-state index contributed by atoms with van der Waals surface area (Å²) in [5, 5.41) is 19.5. The molecule has 5 heteroatoms. The molecule has 2 fully saturated rings. The molecule has 0 heterocycles. The molecule has 0 aromatic rings. The molecule has 0 aromatic carbocycles. The van der Waals surface area contributed by atoms with Crippen molar-refractivity contribution in [3.8, 4) is 6.07 Å². The molecule has 3 rings (SSSR count). The summed E-state index contributed by atoms with van der Waals surface area (Å²) in [7, 11) is 0. The van der Waals surface area contributed by atoms with Crippen LogP contribution in [-0.2, 0) is 14.4 Å². The van der Waals surface area contributed by atoms with Gasteiger partial charge in [-0.25, -0.2) is 0 Å². The first-order valence-corrected chi connectivity index (χ1v) is 15.3. The number of carboxylic acid groups (broad SMARTS) is 1. The van der Waals surface area contributed by atoms with Crippen molar-refractivity contribution in [1.29, 1.82) is 5.26 Å². The van der Waals surface area contributed by atoms with E-state index in [1.165, 1.54) is 0 Å². The van der Waals surface area contributed by atoms with Gasteiger partial charge in [0.25, 0.3) is 0 Å². The molecule has 3 aliphatic carbocycles. The highest BCUT2D eigenvalue weighted by atomic mass is 16.4. The number of hydrogen-bond donors (Lipinski definition) is 1. The van der Waals surface area contributed by atoms with Crippen LogP contribution < -0.4 is 0 Å². The van der Waals surface area contributed by atoms with Crippen LogP contribution in [0.15, 0.2) is 23.3 Å². The number of rotatable bonds is 8. The van der Waals surface area contributed by atoms with Crippen LogP contribution in [0.3, 0.4) is 0 Å². The first-order valence-electron chi connectivity index (χ1n) is 15.3. The Kier molecular flexibility index (Phi) is 8.53. The van der Waals surface area contributed by atoms with Gasteiger partial charge in [0.05, 0.1) is 5.57 Å². The van der Waals surface area contributed by atoms with E-state index < -0.39 is 16.8 Å². The van der Waals surface area contributed by atoms with Crippen molar-refractivity contribution in [1.82, 2.24) is 0 Å². The van der Waals surface area contributed by atoms with Crippen molar-refractivity contribution >= 4 is 17.5 Å². The summed E-state index contributed by atoms with van der Waals surface area (Å²) in [5.41, 5.74) is -0.303. The summed E-state index contributed by atoms with van der Waals surface area (Å²) in [5.74, 6) is -0.402. The molecule has 0 radical (unpaired) electrons. The lowest BCUT2D eigenvalue weighted by molar-refractivity contribution is -0.138. The maximum absolute atomic E-state index is 13.2. The van der Waals surface area contributed by atoms with Crippen LogP contribution >= 0.6 is 0 Å². The van der Waals surface area contributed by atoms with Gasteiger partial charge >= 0.3 is 5.97 Å². The minimum absolute atomic E-state index is 0.00146. The molecule has 3 aliphatic rings. The summed E-state index contributed by atoms with van der Waals surface area (Å²) in [6.45, 7) is 21.5. The topological polar surface area (TPSA) is 95.2 Å². The van der Waals surface area contributed by atoms with Gasteiger partial charge in [-0.1, -0.05) is 74.0 Å². The fraction of sp³-hybridized carbons (Fsp3) is 0.771. The fourth-order valence-electron chi connectivity index (χ4n) is 9.16. The third-order valence-electron chi connectivity index (χ3n) is 12.2. The minimum Gasteiger partial charge on any atom is -0.481 e. The largest absolute Gasteiger partial charge is 0.481 e. The van der Waals surface area contributed by atoms with Gasteiger partial charge in [0.1, 0.15) is 6.07 Å². The molecule has 0 aromatic heterocycles. The maximum Gasteiger partial charge on any atom is 0.303 e. The number of allylic oxidation sites excluding steroid dienone is 4. The third kappa shape index (κ3) is 5.49. The standard InChI is InChI=1S/C35H53NO4/c1-23-20-30(3,4)15-17-35(23,14-12-28(38)39)18-16-31(5,6)34(10)13-11-26-32(7,8)29(40)25(22-36)21-33(26,9)27(34)19-24(2)37/h19,21,23,26H,11-18,20H2,1-10H3,(H,38,39)/b27-19-/t23?,26-,33-,34+,35+/m0/s1. The molecule has 0 bridgehead atoms. The number of nitriles is 1. The van der Waals surface area contributed by atoms with Crippen LogP contribution in [0.5, 0.6) is 0 Å². The Hall–Kier alpha value is -2.22. The van der Waals surface area contributed by atoms with Gasteiger partial charge in [0, 0.05) is 17.3 Å². The summed E-state index contributed by atoms with van der Waals surface area (Å²) in [6.07, 6.45) is 11.4. The SMILES string of the molecule is CC(=O)/C=C1/[C@@]2(C)C=C(C#N)C(=O)C(C)(C)[C@@H]2CC[C@@]1(C)C(C)(C)CC[C@@]1(CCC(=O)O)CCC(C)(C)CC1C. The Morgan fingerprint density at radius 2 is 1.73 bits per heavy atom. The van der Waals surface area contributed by atoms with Crippen LogP contribution in [-0.4, -0.2) is 22.6 Å². The molecular formula is C35H53NO4. The van der Waals surface area contributed by atoms with E-state index in [1.807, 2.05) is 19.9 Å². The smallest absolute Gasteiger partial charge is 0.303 e. The summed E-state index contributed by atoms with van der Waals surface area (Å²) in [6, 6.07) is 2.17. The number of ketones is 2. The predicted molar refractivity (Wildman–Crippen MR) is 159 cm³/mol. The van der Waals surface area contributed by atoms with Crippen molar-refractivity contribution in [2.45, 2.75) is 127 Å². The van der Waals surface area contributed by atoms with E-state index >= 15 is 0 Å². The molecule has 1 unspecified atom stereocenters.